The molecule has 0 spiro atoms. The Hall–Kier alpha value is 1.36. The molecule has 0 aromatic rings. The van der Waals surface area contributed by atoms with Crippen LogP contribution in [0.3, 0.4) is 0 Å². The van der Waals surface area contributed by atoms with E-state index in [1.807, 2.05) is 0 Å². The minimum absolute atomic E-state index is 0. The molecule has 1 nitrogen and oxygen atoms in total. The van der Waals surface area contributed by atoms with Crippen LogP contribution in [0.2, 0.25) is 0 Å². The first kappa shape index (κ1) is 32.8. The number of hydrogen-bond donors (Lipinski definition) is 0. The molecule has 0 radical (unpaired) electrons. The average molecular weight is 221 g/mol. The van der Waals surface area contributed by atoms with Crippen LogP contribution in [0.1, 0.15) is 0 Å². The van der Waals surface area contributed by atoms with Crippen molar-refractivity contribution in [3.63, 3.8) is 0 Å². The molecule has 0 amide bonds. The van der Waals surface area contributed by atoms with Gasteiger partial charge in [0.15, 0.2) is 0 Å². The summed E-state index contributed by atoms with van der Waals surface area (Å²) in [6, 6.07) is 0. The zero-order valence-electron chi connectivity index (χ0n) is 2.04. The van der Waals surface area contributed by atoms with E-state index in [0.717, 1.165) is 0 Å². The van der Waals surface area contributed by atoms with E-state index in [-0.39, 0.29) is 37.2 Å². The van der Waals surface area contributed by atoms with Gasteiger partial charge in [-0.1, -0.05) is 0 Å². The van der Waals surface area contributed by atoms with Crippen molar-refractivity contribution < 1.29 is 23.2 Å². The molecule has 0 bridgehead atoms. The summed E-state index contributed by atoms with van der Waals surface area (Å²) < 4.78 is 8.26. The quantitative estimate of drug-likeness (QED) is 0.561. The molecular weight excluding hydrogens is 218 g/mol. The van der Waals surface area contributed by atoms with Crippen LogP contribution in [-0.2, 0) is 23.2 Å². The molecule has 0 heterocycles. The van der Waals surface area contributed by atoms with Crippen LogP contribution in [0.5, 0.6) is 0 Å². The van der Waals surface area contributed by atoms with Gasteiger partial charge < -0.3 is 0 Å². The molecule has 0 aromatic heterocycles. The van der Waals surface area contributed by atoms with E-state index in [2.05, 4.69) is 0 Å². The summed E-state index contributed by atoms with van der Waals surface area (Å²) >= 11 is 0.700. The Labute approximate surface area is 60.3 Å². The van der Waals surface area contributed by atoms with Gasteiger partial charge in [0.2, 0.25) is 0 Å². The van der Waals surface area contributed by atoms with Crippen molar-refractivity contribution in [1.29, 1.82) is 0 Å². The summed E-state index contributed by atoms with van der Waals surface area (Å²) in [7, 11) is 0. The number of halogens is 3. The Kier molecular flexibility index (Phi) is 362. The molecule has 0 atom stereocenters. The van der Waals surface area contributed by atoms with Crippen molar-refractivity contribution in [3.8, 4) is 0 Å². The van der Waals surface area contributed by atoms with Gasteiger partial charge in [-0.3, -0.25) is 0 Å². The molecule has 5 heavy (non-hydrogen) atoms. The Balaban J connectivity index is -0.00000000167. The van der Waals surface area contributed by atoms with Gasteiger partial charge in [0, 0.05) is 0 Å². The Morgan fingerprint density at radius 2 is 0.800 bits per heavy atom. The molecule has 0 fully saturated rings. The van der Waals surface area contributed by atoms with Gasteiger partial charge in [0.05, 0.1) is 0 Å². The maximum absolute atomic E-state index is 8.26. The monoisotopic (exact) mass is 222 g/mol. The minimum atomic E-state index is 0. The first-order chi connectivity index (χ1) is 1.00. The summed E-state index contributed by atoms with van der Waals surface area (Å²) in [4.78, 5) is 0. The first-order valence-corrected chi connectivity index (χ1v) is 0.986. The normalized spacial score (nSPS) is 0.800. The van der Waals surface area contributed by atoms with Gasteiger partial charge in [-0.2, -0.15) is 0 Å². The third-order valence-electron chi connectivity index (χ3n) is 0. The van der Waals surface area contributed by atoms with Crippen molar-refractivity contribution in [2.75, 3.05) is 0 Å². The Morgan fingerprint density at radius 3 is 0.800 bits per heavy atom. The van der Waals surface area contributed by atoms with Crippen LogP contribution < -0.4 is 0 Å². The first-order valence-electron chi connectivity index (χ1n) is 0.167. The van der Waals surface area contributed by atoms with E-state index in [0.29, 0.717) is 19.8 Å². The van der Waals surface area contributed by atoms with E-state index >= 15 is 0 Å². The third-order valence-corrected chi connectivity index (χ3v) is 0. The molecule has 0 rings (SSSR count). The van der Waals surface area contributed by atoms with Crippen molar-refractivity contribution in [2.45, 2.75) is 0 Å². The van der Waals surface area contributed by atoms with Gasteiger partial charge in [-0.05, 0) is 0 Å². The molecule has 0 N–H and O–H groups in total. The van der Waals surface area contributed by atoms with E-state index < -0.39 is 0 Å². The van der Waals surface area contributed by atoms with Gasteiger partial charge in [0.1, 0.15) is 0 Å². The molecule has 0 saturated heterocycles. The summed E-state index contributed by atoms with van der Waals surface area (Å²) in [6.45, 7) is 0. The van der Waals surface area contributed by atoms with Crippen LogP contribution in [0, 0.1) is 0 Å². The van der Waals surface area contributed by atoms with Gasteiger partial charge in [-0.25, -0.2) is 0 Å². The second-order valence-electron chi connectivity index (χ2n) is 0. The molecule has 36 valence electrons. The summed E-state index contributed by atoms with van der Waals surface area (Å²) in [6.07, 6.45) is 0. The van der Waals surface area contributed by atoms with Crippen LogP contribution in [0.4, 0.5) is 0 Å². The SMILES string of the molecule is Cl.Cl.Cl.[O]=[Mo]. The van der Waals surface area contributed by atoms with Crippen molar-refractivity contribution >= 4 is 37.2 Å². The molecule has 0 saturated carbocycles. The van der Waals surface area contributed by atoms with Crippen LogP contribution >= 0.6 is 37.2 Å². The summed E-state index contributed by atoms with van der Waals surface area (Å²) in [5.74, 6) is 0. The van der Waals surface area contributed by atoms with Crippen molar-refractivity contribution in [1.82, 2.24) is 0 Å². The predicted octanol–water partition coefficient (Wildman–Crippen LogP) is 1.14. The van der Waals surface area contributed by atoms with E-state index in [1.54, 1.807) is 0 Å². The Morgan fingerprint density at radius 1 is 0.800 bits per heavy atom. The third kappa shape index (κ3) is 32.8. The standard InChI is InChI=1S/3ClH.Mo.O/h3*1H;;. The predicted molar refractivity (Wildman–Crippen MR) is 22.4 cm³/mol. The fourth-order valence-electron chi connectivity index (χ4n) is 0. The van der Waals surface area contributed by atoms with E-state index in [4.69, 9.17) is 3.40 Å². The van der Waals surface area contributed by atoms with E-state index in [1.165, 1.54) is 0 Å². The zero-order chi connectivity index (χ0) is 2.00. The molecule has 0 aliphatic heterocycles. The topological polar surface area (TPSA) is 17.1 Å². The zero-order valence-corrected chi connectivity index (χ0v) is 6.50. The molecule has 0 unspecified atom stereocenters. The average Bonchev–Trinajstić information content (AvgIpc) is 1.00. The fraction of sp³-hybridized carbons (Fsp3) is 0. The number of rotatable bonds is 0. The van der Waals surface area contributed by atoms with Gasteiger partial charge in [-0.15, -0.1) is 37.2 Å². The fourth-order valence-corrected chi connectivity index (χ4v) is 0. The second kappa shape index (κ2) is 55.2. The molecular formula is H3Cl3MoO. The van der Waals surface area contributed by atoms with Crippen LogP contribution in [0.25, 0.3) is 0 Å². The van der Waals surface area contributed by atoms with Crippen molar-refractivity contribution in [3.05, 3.63) is 0 Å². The van der Waals surface area contributed by atoms with Gasteiger partial charge >= 0.3 is 23.2 Å². The summed E-state index contributed by atoms with van der Waals surface area (Å²) in [5, 5.41) is 0. The van der Waals surface area contributed by atoms with Crippen LogP contribution in [-0.4, -0.2) is 0 Å². The maximum atomic E-state index is 8.26. The van der Waals surface area contributed by atoms with Crippen LogP contribution in [0.15, 0.2) is 0 Å². The second-order valence-corrected chi connectivity index (χ2v) is 0. The van der Waals surface area contributed by atoms with Gasteiger partial charge in [0.25, 0.3) is 0 Å². The van der Waals surface area contributed by atoms with E-state index in [9.17, 15) is 0 Å². The Bertz CT molecular complexity index is 6.85. The molecule has 5 heteroatoms. The number of hydrogen-bond acceptors (Lipinski definition) is 1. The van der Waals surface area contributed by atoms with Crippen molar-refractivity contribution in [2.24, 2.45) is 0 Å². The summed E-state index contributed by atoms with van der Waals surface area (Å²) in [5.41, 5.74) is 0. The molecule has 0 aliphatic rings. The molecule has 0 aliphatic carbocycles. The molecule has 0 aromatic carbocycles.